The van der Waals surface area contributed by atoms with Gasteiger partial charge in [-0.1, -0.05) is 18.2 Å². The molecule has 4 nitrogen and oxygen atoms in total. The van der Waals surface area contributed by atoms with Gasteiger partial charge in [0.25, 0.3) is 0 Å². The van der Waals surface area contributed by atoms with Crippen molar-refractivity contribution in [1.82, 2.24) is 10.1 Å². The van der Waals surface area contributed by atoms with Crippen molar-refractivity contribution in [3.63, 3.8) is 0 Å². The van der Waals surface area contributed by atoms with E-state index in [0.29, 0.717) is 11.8 Å². The fraction of sp³-hybridized carbons (Fsp3) is 0.500. The second-order valence-electron chi connectivity index (χ2n) is 4.70. The molecule has 3 rings (SSSR count). The molecule has 1 fully saturated rings. The van der Waals surface area contributed by atoms with Crippen molar-refractivity contribution >= 4 is 5.57 Å². The Labute approximate surface area is 94.2 Å². The minimum absolute atomic E-state index is 0.370. The number of rotatable bonds is 2. The fourth-order valence-electron chi connectivity index (χ4n) is 2.04. The molecule has 0 bridgehead atoms. The molecule has 4 heteroatoms. The molecular formula is C12H15N3O. The minimum atomic E-state index is 0.370. The van der Waals surface area contributed by atoms with E-state index in [0.717, 1.165) is 29.4 Å². The van der Waals surface area contributed by atoms with Crippen molar-refractivity contribution in [2.75, 3.05) is 0 Å². The normalized spacial score (nSPS) is 25.2. The molecule has 1 saturated carbocycles. The summed E-state index contributed by atoms with van der Waals surface area (Å²) in [7, 11) is 0. The van der Waals surface area contributed by atoms with Gasteiger partial charge in [0.15, 0.2) is 5.82 Å². The highest BCUT2D eigenvalue weighted by molar-refractivity contribution is 5.65. The van der Waals surface area contributed by atoms with Crippen LogP contribution in [0.15, 0.2) is 22.4 Å². The van der Waals surface area contributed by atoms with Crippen molar-refractivity contribution in [2.24, 2.45) is 11.7 Å². The predicted molar refractivity (Wildman–Crippen MR) is 60.3 cm³/mol. The van der Waals surface area contributed by atoms with Crippen molar-refractivity contribution < 1.29 is 4.52 Å². The highest BCUT2D eigenvalue weighted by Gasteiger charge is 2.30. The summed E-state index contributed by atoms with van der Waals surface area (Å²) in [6, 6.07) is 0. The van der Waals surface area contributed by atoms with Gasteiger partial charge in [-0.3, -0.25) is 0 Å². The lowest BCUT2D eigenvalue weighted by Gasteiger charge is -2.16. The average Bonchev–Trinajstić information content (AvgIpc) is 2.98. The van der Waals surface area contributed by atoms with E-state index in [9.17, 15) is 0 Å². The van der Waals surface area contributed by atoms with E-state index < -0.39 is 0 Å². The first-order valence-corrected chi connectivity index (χ1v) is 5.74. The maximum Gasteiger partial charge on any atom is 0.230 e. The standard InChI is InChI=1S/C12H15N3O/c1-7-6-9(13)4-5-10(7)11-14-12(16-15-11)8-2-3-8/h4-5,7-8H,2-3,6,13H2,1H3. The molecule has 0 amide bonds. The SMILES string of the molecule is CC1CC(N)=CC=C1c1noc(C2CC2)n1. The van der Waals surface area contributed by atoms with E-state index >= 15 is 0 Å². The maximum atomic E-state index is 5.78. The number of allylic oxidation sites excluding steroid dienone is 4. The van der Waals surface area contributed by atoms with Gasteiger partial charge in [-0.2, -0.15) is 4.98 Å². The Hall–Kier alpha value is -1.58. The van der Waals surface area contributed by atoms with E-state index in [1.165, 1.54) is 12.8 Å². The van der Waals surface area contributed by atoms with E-state index in [2.05, 4.69) is 17.1 Å². The number of nitrogens with zero attached hydrogens (tertiary/aromatic N) is 2. The number of hydrogen-bond acceptors (Lipinski definition) is 4. The largest absolute Gasteiger partial charge is 0.402 e. The third-order valence-corrected chi connectivity index (χ3v) is 3.18. The Kier molecular flexibility index (Phi) is 2.09. The molecule has 1 aromatic rings. The monoisotopic (exact) mass is 217 g/mol. The van der Waals surface area contributed by atoms with Crippen LogP contribution in [0.4, 0.5) is 0 Å². The van der Waals surface area contributed by atoms with Crippen LogP contribution in [0, 0.1) is 5.92 Å². The number of aromatic nitrogens is 2. The molecule has 2 N–H and O–H groups in total. The van der Waals surface area contributed by atoms with Crippen LogP contribution in [0.25, 0.3) is 5.57 Å². The van der Waals surface area contributed by atoms with Crippen molar-refractivity contribution in [2.45, 2.75) is 32.1 Å². The Morgan fingerprint density at radius 3 is 2.88 bits per heavy atom. The van der Waals surface area contributed by atoms with Crippen molar-refractivity contribution in [1.29, 1.82) is 0 Å². The van der Waals surface area contributed by atoms with Crippen LogP contribution < -0.4 is 5.73 Å². The average molecular weight is 217 g/mol. The first-order chi connectivity index (χ1) is 7.74. The van der Waals surface area contributed by atoms with Gasteiger partial charge in [0.05, 0.1) is 0 Å². The molecule has 16 heavy (non-hydrogen) atoms. The predicted octanol–water partition coefficient (Wildman–Crippen LogP) is 2.21. The number of nitrogens with two attached hydrogens (primary N) is 1. The van der Waals surface area contributed by atoms with Gasteiger partial charge in [-0.25, -0.2) is 0 Å². The third-order valence-electron chi connectivity index (χ3n) is 3.18. The second-order valence-corrected chi connectivity index (χ2v) is 4.70. The molecule has 1 unspecified atom stereocenters. The molecule has 1 aromatic heterocycles. The molecule has 0 saturated heterocycles. The summed E-state index contributed by atoms with van der Waals surface area (Å²) >= 11 is 0. The van der Waals surface area contributed by atoms with Gasteiger partial charge in [-0.05, 0) is 31.3 Å². The summed E-state index contributed by atoms with van der Waals surface area (Å²) in [5, 5.41) is 4.05. The summed E-state index contributed by atoms with van der Waals surface area (Å²) in [6.45, 7) is 2.14. The van der Waals surface area contributed by atoms with E-state index in [1.807, 2.05) is 12.2 Å². The molecule has 1 atom stereocenters. The van der Waals surface area contributed by atoms with Gasteiger partial charge in [0.2, 0.25) is 5.89 Å². The third kappa shape index (κ3) is 1.64. The zero-order valence-electron chi connectivity index (χ0n) is 9.31. The Morgan fingerprint density at radius 1 is 1.38 bits per heavy atom. The van der Waals surface area contributed by atoms with Gasteiger partial charge >= 0.3 is 0 Å². The van der Waals surface area contributed by atoms with Gasteiger partial charge in [0, 0.05) is 17.2 Å². The van der Waals surface area contributed by atoms with Crippen LogP contribution in [0.2, 0.25) is 0 Å². The molecular weight excluding hydrogens is 202 g/mol. The maximum absolute atomic E-state index is 5.78. The van der Waals surface area contributed by atoms with Crippen molar-refractivity contribution in [3.05, 3.63) is 29.6 Å². The van der Waals surface area contributed by atoms with E-state index in [1.54, 1.807) is 0 Å². The van der Waals surface area contributed by atoms with Crippen LogP contribution in [0.5, 0.6) is 0 Å². The van der Waals surface area contributed by atoms with Crippen LogP contribution in [-0.4, -0.2) is 10.1 Å². The molecule has 2 aliphatic rings. The summed E-state index contributed by atoms with van der Waals surface area (Å²) in [5.74, 6) is 2.42. The number of hydrogen-bond donors (Lipinski definition) is 1. The molecule has 84 valence electrons. The first-order valence-electron chi connectivity index (χ1n) is 5.74. The summed E-state index contributed by atoms with van der Waals surface area (Å²) < 4.78 is 5.26. The zero-order valence-corrected chi connectivity index (χ0v) is 9.31. The first kappa shape index (κ1) is 9.63. The summed E-state index contributed by atoms with van der Waals surface area (Å²) in [4.78, 5) is 4.46. The second kappa shape index (κ2) is 3.47. The molecule has 0 spiro atoms. The van der Waals surface area contributed by atoms with Crippen LogP contribution in [-0.2, 0) is 0 Å². The molecule has 0 aliphatic heterocycles. The van der Waals surface area contributed by atoms with E-state index in [4.69, 9.17) is 10.3 Å². The lowest BCUT2D eigenvalue weighted by molar-refractivity contribution is 0.377. The molecule has 0 radical (unpaired) electrons. The van der Waals surface area contributed by atoms with Crippen LogP contribution in [0.1, 0.15) is 43.8 Å². The lowest BCUT2D eigenvalue weighted by atomic mass is 9.91. The molecule has 1 heterocycles. The highest BCUT2D eigenvalue weighted by Crippen LogP contribution is 2.40. The van der Waals surface area contributed by atoms with Crippen LogP contribution >= 0.6 is 0 Å². The zero-order chi connectivity index (χ0) is 11.1. The molecule has 0 aromatic carbocycles. The topological polar surface area (TPSA) is 64.9 Å². The summed E-state index contributed by atoms with van der Waals surface area (Å²) in [6.07, 6.45) is 7.18. The molecule has 2 aliphatic carbocycles. The Bertz CT molecular complexity index is 468. The van der Waals surface area contributed by atoms with Crippen LogP contribution in [0.3, 0.4) is 0 Å². The fourth-order valence-corrected chi connectivity index (χ4v) is 2.04. The van der Waals surface area contributed by atoms with Gasteiger partial charge in [-0.15, -0.1) is 0 Å². The lowest BCUT2D eigenvalue weighted by Crippen LogP contribution is -2.10. The van der Waals surface area contributed by atoms with Gasteiger partial charge < -0.3 is 10.3 Å². The Morgan fingerprint density at radius 2 is 2.19 bits per heavy atom. The Balaban J connectivity index is 1.90. The highest BCUT2D eigenvalue weighted by atomic mass is 16.5. The van der Waals surface area contributed by atoms with E-state index in [-0.39, 0.29) is 0 Å². The summed E-state index contributed by atoms with van der Waals surface area (Å²) in [5.41, 5.74) is 7.83. The van der Waals surface area contributed by atoms with Gasteiger partial charge in [0.1, 0.15) is 0 Å². The smallest absolute Gasteiger partial charge is 0.230 e. The van der Waals surface area contributed by atoms with Crippen molar-refractivity contribution in [3.8, 4) is 0 Å². The minimum Gasteiger partial charge on any atom is -0.402 e. The quantitative estimate of drug-likeness (QED) is 0.824.